The Morgan fingerprint density at radius 1 is 1.33 bits per heavy atom. The Hall–Kier alpha value is -1.59. The van der Waals surface area contributed by atoms with Crippen molar-refractivity contribution in [3.05, 3.63) is 40.8 Å². The average molecular weight is 304 g/mol. The van der Waals surface area contributed by atoms with Crippen molar-refractivity contribution in [3.63, 3.8) is 0 Å². The molecule has 0 spiro atoms. The topological polar surface area (TPSA) is 74.6 Å². The first-order valence-corrected chi connectivity index (χ1v) is 7.73. The number of aliphatic carboxylic acids is 1. The normalized spacial score (nSPS) is 29.0. The fraction of sp³-hybridized carbons (Fsp3) is 0.375. The Bertz CT molecular complexity index is 620. The number of hydrogen-bond acceptors (Lipinski definition) is 4. The number of ketones is 1. The molecule has 1 aromatic rings. The lowest BCUT2D eigenvalue weighted by molar-refractivity contribution is -0.149. The number of aliphatic hydroxyl groups is 1. The van der Waals surface area contributed by atoms with Crippen LogP contribution >= 0.6 is 11.8 Å². The van der Waals surface area contributed by atoms with Crippen molar-refractivity contribution >= 4 is 23.5 Å². The molecular formula is C16H16O4S. The Labute approximate surface area is 126 Å². The Kier molecular flexibility index (Phi) is 3.63. The lowest BCUT2D eigenvalue weighted by Gasteiger charge is -2.41. The summed E-state index contributed by atoms with van der Waals surface area (Å²) in [5.74, 6) is -2.16. The maximum absolute atomic E-state index is 12.1. The molecule has 4 nitrogen and oxygen atoms in total. The summed E-state index contributed by atoms with van der Waals surface area (Å²) >= 11 is 1.42. The maximum Gasteiger partial charge on any atom is 0.333 e. The molecule has 4 unspecified atom stereocenters. The molecule has 0 aromatic heterocycles. The summed E-state index contributed by atoms with van der Waals surface area (Å²) in [6, 6.07) is 9.55. The number of hydrogen-bond donors (Lipinski definition) is 2. The predicted molar refractivity (Wildman–Crippen MR) is 78.7 cm³/mol. The number of carboxylic acids is 1. The van der Waals surface area contributed by atoms with Crippen LogP contribution in [0.2, 0.25) is 0 Å². The van der Waals surface area contributed by atoms with E-state index in [0.29, 0.717) is 6.42 Å². The molecule has 4 atom stereocenters. The number of carboxylic acid groups (broad SMARTS) is 1. The SMILES string of the molecule is CC(O)C1C(=O)C2C(C(=O)O)=C(Sc3ccccc3)CC21. The highest BCUT2D eigenvalue weighted by atomic mass is 32.2. The van der Waals surface area contributed by atoms with Crippen molar-refractivity contribution < 1.29 is 19.8 Å². The zero-order valence-electron chi connectivity index (χ0n) is 11.5. The zero-order valence-corrected chi connectivity index (χ0v) is 12.3. The van der Waals surface area contributed by atoms with Gasteiger partial charge in [-0.3, -0.25) is 4.79 Å². The van der Waals surface area contributed by atoms with Crippen LogP contribution in [-0.4, -0.2) is 28.1 Å². The third-order valence-corrected chi connectivity index (χ3v) is 5.43. The van der Waals surface area contributed by atoms with E-state index in [4.69, 9.17) is 0 Å². The van der Waals surface area contributed by atoms with Gasteiger partial charge in [-0.25, -0.2) is 4.79 Å². The number of Topliss-reactive ketones (excluding diaryl/α,β-unsaturated/α-hetero) is 1. The van der Waals surface area contributed by atoms with E-state index in [9.17, 15) is 19.8 Å². The predicted octanol–water partition coefficient (Wildman–Crippen LogP) is 2.33. The molecule has 0 amide bonds. The maximum atomic E-state index is 12.1. The zero-order chi connectivity index (χ0) is 15.1. The largest absolute Gasteiger partial charge is 0.478 e. The summed E-state index contributed by atoms with van der Waals surface area (Å²) in [7, 11) is 0. The summed E-state index contributed by atoms with van der Waals surface area (Å²) < 4.78 is 0. The Balaban J connectivity index is 1.89. The van der Waals surface area contributed by atoms with Gasteiger partial charge < -0.3 is 10.2 Å². The molecule has 2 aliphatic rings. The van der Waals surface area contributed by atoms with Gasteiger partial charge >= 0.3 is 5.97 Å². The minimum atomic E-state index is -1.02. The molecular weight excluding hydrogens is 288 g/mol. The molecule has 0 saturated heterocycles. The lowest BCUT2D eigenvalue weighted by atomic mass is 9.61. The summed E-state index contributed by atoms with van der Waals surface area (Å²) in [6.45, 7) is 1.60. The van der Waals surface area contributed by atoms with Gasteiger partial charge in [0, 0.05) is 15.7 Å². The molecule has 0 bridgehead atoms. The molecule has 110 valence electrons. The second kappa shape index (κ2) is 5.31. The van der Waals surface area contributed by atoms with Crippen molar-refractivity contribution in [2.24, 2.45) is 17.8 Å². The van der Waals surface area contributed by atoms with Crippen LogP contribution in [-0.2, 0) is 9.59 Å². The van der Waals surface area contributed by atoms with Crippen molar-refractivity contribution in [1.29, 1.82) is 0 Å². The fourth-order valence-corrected chi connectivity index (χ4v) is 4.57. The molecule has 21 heavy (non-hydrogen) atoms. The van der Waals surface area contributed by atoms with Crippen LogP contribution in [0.25, 0.3) is 0 Å². The van der Waals surface area contributed by atoms with E-state index in [0.717, 1.165) is 9.80 Å². The molecule has 1 saturated carbocycles. The molecule has 5 heteroatoms. The number of thioether (sulfide) groups is 1. The van der Waals surface area contributed by atoms with Crippen LogP contribution in [0, 0.1) is 17.8 Å². The molecule has 0 heterocycles. The van der Waals surface area contributed by atoms with Crippen LogP contribution < -0.4 is 0 Å². The van der Waals surface area contributed by atoms with E-state index in [1.807, 2.05) is 30.3 Å². The molecule has 3 rings (SSSR count). The quantitative estimate of drug-likeness (QED) is 0.893. The lowest BCUT2D eigenvalue weighted by Crippen LogP contribution is -2.51. The summed E-state index contributed by atoms with van der Waals surface area (Å²) in [5.41, 5.74) is 0.232. The highest BCUT2D eigenvalue weighted by Gasteiger charge is 2.58. The molecule has 0 aliphatic heterocycles. The molecule has 2 aliphatic carbocycles. The first-order chi connectivity index (χ1) is 10.0. The second-order valence-corrected chi connectivity index (χ2v) is 6.74. The van der Waals surface area contributed by atoms with E-state index < -0.39 is 23.9 Å². The molecule has 2 N–H and O–H groups in total. The van der Waals surface area contributed by atoms with Crippen molar-refractivity contribution in [3.8, 4) is 0 Å². The average Bonchev–Trinajstić information content (AvgIpc) is 2.74. The van der Waals surface area contributed by atoms with Gasteiger partial charge in [0.05, 0.1) is 17.6 Å². The van der Waals surface area contributed by atoms with Gasteiger partial charge in [-0.05, 0) is 31.4 Å². The van der Waals surface area contributed by atoms with Gasteiger partial charge in [-0.15, -0.1) is 0 Å². The fourth-order valence-electron chi connectivity index (χ4n) is 3.39. The van der Waals surface area contributed by atoms with E-state index in [1.165, 1.54) is 11.8 Å². The first kappa shape index (κ1) is 14.4. The van der Waals surface area contributed by atoms with E-state index >= 15 is 0 Å². The third kappa shape index (κ3) is 2.30. The van der Waals surface area contributed by atoms with Crippen molar-refractivity contribution in [2.75, 3.05) is 0 Å². The number of carbonyl (C=O) groups excluding carboxylic acids is 1. The summed E-state index contributed by atoms with van der Waals surface area (Å²) in [4.78, 5) is 25.4. The number of allylic oxidation sites excluding steroid dienone is 1. The van der Waals surface area contributed by atoms with Crippen LogP contribution in [0.1, 0.15) is 13.3 Å². The van der Waals surface area contributed by atoms with Gasteiger partial charge in [0.1, 0.15) is 5.78 Å². The van der Waals surface area contributed by atoms with Crippen LogP contribution in [0.15, 0.2) is 45.7 Å². The van der Waals surface area contributed by atoms with Crippen molar-refractivity contribution in [1.82, 2.24) is 0 Å². The smallest absolute Gasteiger partial charge is 0.333 e. The number of benzene rings is 1. The summed E-state index contributed by atoms with van der Waals surface area (Å²) in [5, 5.41) is 19.1. The first-order valence-electron chi connectivity index (χ1n) is 6.91. The standard InChI is InChI=1S/C16H16O4S/c1-8(17)12-10-7-11(21-9-5-3-2-4-6-9)14(16(19)20)13(10)15(12)18/h2-6,8,10,12-13,17H,7H2,1H3,(H,19,20). The van der Waals surface area contributed by atoms with E-state index in [1.54, 1.807) is 6.92 Å². The second-order valence-electron chi connectivity index (χ2n) is 5.57. The van der Waals surface area contributed by atoms with Crippen LogP contribution in [0.3, 0.4) is 0 Å². The number of rotatable bonds is 4. The van der Waals surface area contributed by atoms with Gasteiger partial charge in [0.2, 0.25) is 0 Å². The van der Waals surface area contributed by atoms with Gasteiger partial charge in [0.25, 0.3) is 0 Å². The highest BCUT2D eigenvalue weighted by molar-refractivity contribution is 8.03. The molecule has 1 aromatic carbocycles. The Morgan fingerprint density at radius 2 is 2.00 bits per heavy atom. The van der Waals surface area contributed by atoms with Crippen LogP contribution in [0.5, 0.6) is 0 Å². The number of carbonyl (C=O) groups is 2. The van der Waals surface area contributed by atoms with E-state index in [2.05, 4.69) is 0 Å². The minimum absolute atomic E-state index is 0.0604. The molecule has 0 radical (unpaired) electrons. The van der Waals surface area contributed by atoms with Crippen LogP contribution in [0.4, 0.5) is 0 Å². The van der Waals surface area contributed by atoms with Gasteiger partial charge in [0.15, 0.2) is 0 Å². The van der Waals surface area contributed by atoms with Gasteiger partial charge in [-0.1, -0.05) is 30.0 Å². The molecule has 1 fully saturated rings. The number of fused-ring (bicyclic) bond motifs is 1. The van der Waals surface area contributed by atoms with E-state index in [-0.39, 0.29) is 17.3 Å². The van der Waals surface area contributed by atoms with Crippen molar-refractivity contribution in [2.45, 2.75) is 24.3 Å². The monoisotopic (exact) mass is 304 g/mol. The highest BCUT2D eigenvalue weighted by Crippen LogP contribution is 2.55. The third-order valence-electron chi connectivity index (χ3n) is 4.29. The summed E-state index contributed by atoms with van der Waals surface area (Å²) in [6.07, 6.45) is -0.150. The minimum Gasteiger partial charge on any atom is -0.478 e. The van der Waals surface area contributed by atoms with Gasteiger partial charge in [-0.2, -0.15) is 0 Å². The Morgan fingerprint density at radius 3 is 2.57 bits per heavy atom. The number of aliphatic hydroxyl groups excluding tert-OH is 1.